The minimum absolute atomic E-state index is 0.304. The van der Waals surface area contributed by atoms with Crippen LogP contribution in [0, 0.1) is 5.82 Å². The summed E-state index contributed by atoms with van der Waals surface area (Å²) in [7, 11) is 2.76. The molecule has 0 radical (unpaired) electrons. The van der Waals surface area contributed by atoms with Crippen LogP contribution in [0.4, 0.5) is 4.39 Å². The lowest BCUT2D eigenvalue weighted by molar-refractivity contribution is -0.159. The first-order valence-corrected chi connectivity index (χ1v) is 4.75. The smallest absolute Gasteiger partial charge is 0.277 e. The molecule has 0 fully saturated rings. The largest absolute Gasteiger partial charge is 0.348 e. The minimum atomic E-state index is -0.916. The predicted octanol–water partition coefficient (Wildman–Crippen LogP) is 1.06. The number of ether oxygens (including phenoxy) is 2. The molecule has 0 aromatic heterocycles. The molecule has 16 heavy (non-hydrogen) atoms. The van der Waals surface area contributed by atoms with E-state index in [2.05, 4.69) is 5.32 Å². The molecule has 1 rings (SSSR count). The van der Waals surface area contributed by atoms with Crippen LogP contribution in [0.25, 0.3) is 0 Å². The number of carbonyl (C=O) groups excluding carboxylic acids is 1. The van der Waals surface area contributed by atoms with Crippen molar-refractivity contribution >= 4 is 5.91 Å². The monoisotopic (exact) mass is 227 g/mol. The third kappa shape index (κ3) is 3.60. The van der Waals surface area contributed by atoms with E-state index in [1.165, 1.54) is 26.4 Å². The van der Waals surface area contributed by atoms with E-state index in [1.54, 1.807) is 12.1 Å². The Labute approximate surface area is 93.4 Å². The van der Waals surface area contributed by atoms with Gasteiger partial charge in [-0.1, -0.05) is 12.1 Å². The Morgan fingerprint density at radius 2 is 1.88 bits per heavy atom. The summed E-state index contributed by atoms with van der Waals surface area (Å²) < 4.78 is 22.1. The van der Waals surface area contributed by atoms with Gasteiger partial charge in [-0.05, 0) is 17.7 Å². The van der Waals surface area contributed by atoms with Crippen LogP contribution < -0.4 is 5.32 Å². The molecule has 0 saturated carbocycles. The summed E-state index contributed by atoms with van der Waals surface area (Å²) in [6, 6.07) is 5.88. The van der Waals surface area contributed by atoms with Crippen LogP contribution in [0.2, 0.25) is 0 Å². The minimum Gasteiger partial charge on any atom is -0.348 e. The summed E-state index contributed by atoms with van der Waals surface area (Å²) >= 11 is 0. The van der Waals surface area contributed by atoms with Gasteiger partial charge in [0.05, 0.1) is 0 Å². The molecule has 0 aliphatic carbocycles. The number of nitrogens with one attached hydrogen (secondary N) is 1. The third-order valence-corrected chi connectivity index (χ3v) is 2.02. The van der Waals surface area contributed by atoms with Gasteiger partial charge in [-0.2, -0.15) is 0 Å². The zero-order valence-corrected chi connectivity index (χ0v) is 9.20. The fraction of sp³-hybridized carbons (Fsp3) is 0.364. The maximum atomic E-state index is 12.6. The summed E-state index contributed by atoms with van der Waals surface area (Å²) in [5.41, 5.74) is 0.806. The molecule has 0 bridgehead atoms. The molecule has 0 saturated heterocycles. The van der Waals surface area contributed by atoms with E-state index in [1.807, 2.05) is 0 Å². The van der Waals surface area contributed by atoms with Crippen molar-refractivity contribution in [2.75, 3.05) is 14.2 Å². The molecule has 88 valence electrons. The van der Waals surface area contributed by atoms with Gasteiger partial charge >= 0.3 is 0 Å². The zero-order valence-electron chi connectivity index (χ0n) is 9.20. The number of methoxy groups -OCH3 is 2. The molecule has 1 N–H and O–H groups in total. The maximum absolute atomic E-state index is 12.6. The van der Waals surface area contributed by atoms with E-state index >= 15 is 0 Å². The maximum Gasteiger partial charge on any atom is 0.277 e. The molecule has 0 aliphatic heterocycles. The van der Waals surface area contributed by atoms with Crippen molar-refractivity contribution in [2.45, 2.75) is 12.8 Å². The molecular formula is C11H14FNO3. The topological polar surface area (TPSA) is 47.6 Å². The lowest BCUT2D eigenvalue weighted by Crippen LogP contribution is -2.36. The second-order valence-corrected chi connectivity index (χ2v) is 3.15. The van der Waals surface area contributed by atoms with Gasteiger partial charge in [0.1, 0.15) is 5.82 Å². The van der Waals surface area contributed by atoms with Crippen molar-refractivity contribution in [3.8, 4) is 0 Å². The van der Waals surface area contributed by atoms with Crippen molar-refractivity contribution in [1.29, 1.82) is 0 Å². The SMILES string of the molecule is COC(OC)C(=O)NCc1ccc(F)cc1. The number of hydrogen-bond donors (Lipinski definition) is 1. The molecule has 5 heteroatoms. The molecular weight excluding hydrogens is 213 g/mol. The molecule has 0 unspecified atom stereocenters. The average molecular weight is 227 g/mol. The van der Waals surface area contributed by atoms with Gasteiger partial charge in [0, 0.05) is 20.8 Å². The Balaban J connectivity index is 2.45. The molecule has 4 nitrogen and oxygen atoms in total. The van der Waals surface area contributed by atoms with Crippen molar-refractivity contribution in [3.63, 3.8) is 0 Å². The van der Waals surface area contributed by atoms with Gasteiger partial charge in [0.15, 0.2) is 0 Å². The van der Waals surface area contributed by atoms with Gasteiger partial charge in [-0.25, -0.2) is 4.39 Å². The molecule has 0 aliphatic rings. The molecule has 0 spiro atoms. The number of carbonyl (C=O) groups is 1. The number of hydrogen-bond acceptors (Lipinski definition) is 3. The standard InChI is InChI=1S/C11H14FNO3/c1-15-11(16-2)10(14)13-7-8-3-5-9(12)6-4-8/h3-6,11H,7H2,1-2H3,(H,13,14). The first-order valence-electron chi connectivity index (χ1n) is 4.75. The van der Waals surface area contributed by atoms with E-state index in [0.717, 1.165) is 5.56 Å². The van der Waals surface area contributed by atoms with Gasteiger partial charge in [-0.3, -0.25) is 4.79 Å². The Morgan fingerprint density at radius 3 is 2.38 bits per heavy atom. The van der Waals surface area contributed by atoms with Crippen molar-refractivity contribution in [1.82, 2.24) is 5.32 Å². The molecule has 0 heterocycles. The van der Waals surface area contributed by atoms with E-state index in [0.29, 0.717) is 6.54 Å². The van der Waals surface area contributed by atoms with Crippen LogP contribution in [0.15, 0.2) is 24.3 Å². The van der Waals surface area contributed by atoms with Crippen LogP contribution in [0.3, 0.4) is 0 Å². The molecule has 1 aromatic carbocycles. The highest BCUT2D eigenvalue weighted by Crippen LogP contribution is 2.02. The van der Waals surface area contributed by atoms with Crippen LogP contribution >= 0.6 is 0 Å². The lowest BCUT2D eigenvalue weighted by atomic mass is 10.2. The highest BCUT2D eigenvalue weighted by molar-refractivity contribution is 5.79. The van der Waals surface area contributed by atoms with Crippen LogP contribution in [-0.4, -0.2) is 26.4 Å². The highest BCUT2D eigenvalue weighted by Gasteiger charge is 2.15. The Morgan fingerprint density at radius 1 is 1.31 bits per heavy atom. The number of benzene rings is 1. The van der Waals surface area contributed by atoms with Gasteiger partial charge in [0.2, 0.25) is 6.29 Å². The quantitative estimate of drug-likeness (QED) is 0.765. The summed E-state index contributed by atoms with van der Waals surface area (Å²) in [4.78, 5) is 11.4. The number of amides is 1. The van der Waals surface area contributed by atoms with Crippen LogP contribution in [0.5, 0.6) is 0 Å². The van der Waals surface area contributed by atoms with Crippen LogP contribution in [0.1, 0.15) is 5.56 Å². The fourth-order valence-corrected chi connectivity index (χ4v) is 1.19. The second-order valence-electron chi connectivity index (χ2n) is 3.15. The third-order valence-electron chi connectivity index (χ3n) is 2.02. The summed E-state index contributed by atoms with van der Waals surface area (Å²) in [6.07, 6.45) is -0.916. The van der Waals surface area contributed by atoms with E-state index in [9.17, 15) is 9.18 Å². The van der Waals surface area contributed by atoms with Crippen molar-refractivity contribution in [3.05, 3.63) is 35.6 Å². The first-order chi connectivity index (χ1) is 7.67. The molecule has 1 aromatic rings. The van der Waals surface area contributed by atoms with E-state index < -0.39 is 6.29 Å². The normalized spacial score (nSPS) is 10.5. The fourth-order valence-electron chi connectivity index (χ4n) is 1.19. The lowest BCUT2D eigenvalue weighted by Gasteiger charge is -2.13. The number of rotatable bonds is 5. The number of halogens is 1. The van der Waals surface area contributed by atoms with Crippen molar-refractivity contribution < 1.29 is 18.7 Å². The molecule has 1 amide bonds. The summed E-state index contributed by atoms with van der Waals surface area (Å²) in [5.74, 6) is -0.670. The Hall–Kier alpha value is -1.46. The van der Waals surface area contributed by atoms with Gasteiger partial charge < -0.3 is 14.8 Å². The Kier molecular flexibility index (Phi) is 4.88. The predicted molar refractivity (Wildman–Crippen MR) is 56.1 cm³/mol. The Bertz CT molecular complexity index is 336. The zero-order chi connectivity index (χ0) is 12.0. The summed E-state index contributed by atoms with van der Waals surface area (Å²) in [5, 5.41) is 2.61. The highest BCUT2D eigenvalue weighted by atomic mass is 19.1. The van der Waals surface area contributed by atoms with Gasteiger partial charge in [-0.15, -0.1) is 0 Å². The average Bonchev–Trinajstić information content (AvgIpc) is 2.30. The van der Waals surface area contributed by atoms with Crippen LogP contribution in [-0.2, 0) is 20.8 Å². The molecule has 0 atom stereocenters. The first kappa shape index (κ1) is 12.6. The van der Waals surface area contributed by atoms with Crippen molar-refractivity contribution in [2.24, 2.45) is 0 Å². The second kappa shape index (κ2) is 6.19. The van der Waals surface area contributed by atoms with Gasteiger partial charge in [0.25, 0.3) is 5.91 Å². The van der Waals surface area contributed by atoms with E-state index in [-0.39, 0.29) is 11.7 Å². The van der Waals surface area contributed by atoms with E-state index in [4.69, 9.17) is 9.47 Å². The summed E-state index contributed by atoms with van der Waals surface area (Å²) in [6.45, 7) is 0.308.